The maximum atomic E-state index is 6.33. The average Bonchev–Trinajstić information content (AvgIpc) is 3.84. The first-order valence-electron chi connectivity index (χ1n) is 22.2. The van der Waals surface area contributed by atoms with E-state index in [9.17, 15) is 0 Å². The molecule has 3 nitrogen and oxygen atoms in total. The van der Waals surface area contributed by atoms with Gasteiger partial charge in [-0.2, -0.15) is 0 Å². The van der Waals surface area contributed by atoms with E-state index < -0.39 is 0 Å². The Balaban J connectivity index is 0.891. The topological polar surface area (TPSA) is 21.3 Å². The summed E-state index contributed by atoms with van der Waals surface area (Å²) in [5, 5.41) is 4.86. The van der Waals surface area contributed by atoms with Gasteiger partial charge in [0.25, 0.3) is 0 Å². The molecule has 0 saturated heterocycles. The fourth-order valence-electron chi connectivity index (χ4n) is 12.6. The lowest BCUT2D eigenvalue weighted by molar-refractivity contribution is -0.159. The van der Waals surface area contributed by atoms with E-state index in [2.05, 4.69) is 204 Å². The molecule has 0 amide bonds. The number of hydrogen-bond acceptors (Lipinski definition) is 2. The predicted octanol–water partition coefficient (Wildman–Crippen LogP) is 15.8. The molecule has 13 rings (SSSR count). The summed E-state index contributed by atoms with van der Waals surface area (Å²) < 4.78 is 8.75. The van der Waals surface area contributed by atoms with Crippen LogP contribution in [0.3, 0.4) is 0 Å². The zero-order chi connectivity index (χ0) is 40.2. The number of fused-ring (bicyclic) bond motifs is 6. The van der Waals surface area contributed by atoms with Gasteiger partial charge in [-0.1, -0.05) is 134 Å². The lowest BCUT2D eigenvalue weighted by Crippen LogP contribution is -2.65. The van der Waals surface area contributed by atoms with Gasteiger partial charge in [-0.25, -0.2) is 0 Å². The summed E-state index contributed by atoms with van der Waals surface area (Å²) in [6.45, 7) is 2.50. The molecule has 294 valence electrons. The van der Waals surface area contributed by atoms with E-state index in [4.69, 9.17) is 4.42 Å². The Hall–Kier alpha value is -6.84. The second-order valence-corrected chi connectivity index (χ2v) is 18.3. The molecule has 0 aliphatic heterocycles. The summed E-state index contributed by atoms with van der Waals surface area (Å²) in [5.74, 6) is 3.36. The molecule has 2 heterocycles. The first-order valence-corrected chi connectivity index (χ1v) is 22.2. The van der Waals surface area contributed by atoms with Gasteiger partial charge >= 0.3 is 0 Å². The minimum Gasteiger partial charge on any atom is -0.456 e. The number of para-hydroxylation sites is 5. The molecule has 0 bridgehead atoms. The van der Waals surface area contributed by atoms with E-state index in [0.29, 0.717) is 0 Å². The Morgan fingerprint density at radius 1 is 0.508 bits per heavy atom. The number of nitrogens with zero attached hydrogens (tertiary/aromatic N) is 2. The first kappa shape index (κ1) is 35.0. The van der Waals surface area contributed by atoms with Crippen molar-refractivity contribution in [2.45, 2.75) is 38.0 Å². The van der Waals surface area contributed by atoms with Gasteiger partial charge in [0, 0.05) is 49.6 Å². The zero-order valence-electron chi connectivity index (χ0n) is 34.3. The summed E-state index contributed by atoms with van der Waals surface area (Å²) in [5.41, 5.74) is 15.7. The Kier molecular flexibility index (Phi) is 7.64. The lowest BCUT2D eigenvalue weighted by Gasteiger charge is -2.70. The number of benzene rings is 8. The molecule has 3 aliphatic carbocycles. The number of furan rings is 1. The maximum absolute atomic E-state index is 6.33. The molecule has 8 aromatic carbocycles. The van der Waals surface area contributed by atoms with E-state index in [1.54, 1.807) is 0 Å². The molecule has 61 heavy (non-hydrogen) atoms. The van der Waals surface area contributed by atoms with Crippen molar-refractivity contribution < 1.29 is 4.42 Å². The molecule has 0 radical (unpaired) electrons. The van der Waals surface area contributed by atoms with E-state index in [1.807, 2.05) is 0 Å². The third-order valence-corrected chi connectivity index (χ3v) is 15.0. The fraction of sp³-hybridized carbons (Fsp3) is 0.172. The smallest absolute Gasteiger partial charge is 0.135 e. The van der Waals surface area contributed by atoms with Crippen molar-refractivity contribution in [1.82, 2.24) is 4.57 Å². The Labute approximate surface area is 356 Å². The minimum atomic E-state index is 0.258. The van der Waals surface area contributed by atoms with Gasteiger partial charge in [-0.05, 0) is 132 Å². The molecule has 0 spiro atoms. The largest absolute Gasteiger partial charge is 0.456 e. The molecule has 3 aliphatic rings. The Bertz CT molecular complexity index is 3260. The van der Waals surface area contributed by atoms with Crippen LogP contribution in [0.5, 0.6) is 0 Å². The molecule has 3 heteroatoms. The van der Waals surface area contributed by atoms with Crippen LogP contribution < -0.4 is 4.90 Å². The Morgan fingerprint density at radius 3 is 1.89 bits per heavy atom. The van der Waals surface area contributed by atoms with Crippen LogP contribution >= 0.6 is 0 Å². The van der Waals surface area contributed by atoms with Crippen molar-refractivity contribution in [3.05, 3.63) is 194 Å². The first-order chi connectivity index (χ1) is 30.1. The van der Waals surface area contributed by atoms with E-state index in [-0.39, 0.29) is 5.41 Å². The third-order valence-electron chi connectivity index (χ3n) is 15.0. The van der Waals surface area contributed by atoms with Crippen LogP contribution in [-0.2, 0) is 5.41 Å². The number of rotatable bonds is 7. The van der Waals surface area contributed by atoms with Crippen molar-refractivity contribution in [3.8, 4) is 27.9 Å². The van der Waals surface area contributed by atoms with Crippen LogP contribution in [0, 0.1) is 23.7 Å². The van der Waals surface area contributed by atoms with Crippen molar-refractivity contribution in [2.24, 2.45) is 23.7 Å². The summed E-state index contributed by atoms with van der Waals surface area (Å²) in [6.07, 6.45) is 5.45. The molecule has 2 unspecified atom stereocenters. The summed E-state index contributed by atoms with van der Waals surface area (Å²) in [6, 6.07) is 69.2. The highest BCUT2D eigenvalue weighted by atomic mass is 16.3. The van der Waals surface area contributed by atoms with Crippen LogP contribution in [0.25, 0.3) is 71.7 Å². The number of hydrogen-bond donors (Lipinski definition) is 0. The van der Waals surface area contributed by atoms with Crippen LogP contribution in [0.1, 0.15) is 38.2 Å². The Morgan fingerprint density at radius 2 is 1.11 bits per heavy atom. The fourth-order valence-corrected chi connectivity index (χ4v) is 12.6. The standard InChI is InChI=1S/C58H46N2O/c1-37-32-41-33-42-36-58(35-37,57(41)42)50-16-6-10-20-54(50)59(44-30-31-56-49(34-44)48-15-5-11-21-55(48)61-56)43-28-26-39(27-29-43)38-22-24-40(25-23-38)45-12-2-7-17-51(45)60-52-18-8-3-13-46(52)47-14-4-9-19-53(47)60/h2-31,34,37,41-42,57H,32-33,35-36H2,1H3/t37-,41+,42-,57?,58?/m0/s1. The SMILES string of the molecule is C[C@H]1C[C@@H]2C[C@H]3CC(c4ccccc4N(c4ccc(-c5ccc(-c6ccccc6-n6c7ccccc7c7ccccc76)cc5)cc4)c4ccc5oc6ccccc6c5c4)(C1)C23. The van der Waals surface area contributed by atoms with Gasteiger partial charge in [-0.15, -0.1) is 0 Å². The van der Waals surface area contributed by atoms with Crippen LogP contribution in [0.4, 0.5) is 17.1 Å². The summed E-state index contributed by atoms with van der Waals surface area (Å²) >= 11 is 0. The molecular formula is C58H46N2O. The van der Waals surface area contributed by atoms with Crippen LogP contribution in [-0.4, -0.2) is 4.57 Å². The number of anilines is 3. The zero-order valence-corrected chi connectivity index (χ0v) is 34.3. The van der Waals surface area contributed by atoms with Crippen LogP contribution in [0.15, 0.2) is 192 Å². The van der Waals surface area contributed by atoms with Crippen LogP contribution in [0.2, 0.25) is 0 Å². The minimum absolute atomic E-state index is 0.258. The van der Waals surface area contributed by atoms with Crippen molar-refractivity contribution in [1.29, 1.82) is 0 Å². The molecular weight excluding hydrogens is 741 g/mol. The second kappa shape index (κ2) is 13.3. The highest BCUT2D eigenvalue weighted by Gasteiger charge is 2.66. The van der Waals surface area contributed by atoms with Crippen molar-refractivity contribution in [3.63, 3.8) is 0 Å². The van der Waals surface area contributed by atoms with Gasteiger partial charge in [0.1, 0.15) is 11.2 Å². The maximum Gasteiger partial charge on any atom is 0.135 e. The average molecular weight is 787 g/mol. The number of aromatic nitrogens is 1. The van der Waals surface area contributed by atoms with Gasteiger partial charge in [0.05, 0.1) is 16.7 Å². The summed E-state index contributed by atoms with van der Waals surface area (Å²) in [4.78, 5) is 2.53. The highest BCUT2D eigenvalue weighted by Crippen LogP contribution is 2.72. The molecule has 5 atom stereocenters. The molecule has 0 N–H and O–H groups in total. The van der Waals surface area contributed by atoms with E-state index in [1.165, 1.54) is 92.4 Å². The van der Waals surface area contributed by atoms with Crippen molar-refractivity contribution >= 4 is 60.8 Å². The monoisotopic (exact) mass is 786 g/mol. The second-order valence-electron chi connectivity index (χ2n) is 18.3. The quantitative estimate of drug-likeness (QED) is 0.160. The van der Waals surface area contributed by atoms with Gasteiger partial charge < -0.3 is 13.9 Å². The molecule has 3 saturated carbocycles. The molecule has 10 aromatic rings. The van der Waals surface area contributed by atoms with Gasteiger partial charge in [0.15, 0.2) is 0 Å². The normalized spacial score (nSPS) is 21.7. The molecule has 3 fully saturated rings. The van der Waals surface area contributed by atoms with Crippen molar-refractivity contribution in [2.75, 3.05) is 4.90 Å². The lowest BCUT2D eigenvalue weighted by atomic mass is 9.34. The third kappa shape index (κ3) is 5.23. The molecule has 2 aromatic heterocycles. The van der Waals surface area contributed by atoms with E-state index >= 15 is 0 Å². The van der Waals surface area contributed by atoms with Gasteiger partial charge in [-0.3, -0.25) is 0 Å². The predicted molar refractivity (Wildman–Crippen MR) is 253 cm³/mol. The highest BCUT2D eigenvalue weighted by molar-refractivity contribution is 6.10. The summed E-state index contributed by atoms with van der Waals surface area (Å²) in [7, 11) is 0. The van der Waals surface area contributed by atoms with Gasteiger partial charge in [0.2, 0.25) is 0 Å². The van der Waals surface area contributed by atoms with E-state index in [0.717, 1.165) is 51.3 Å².